The van der Waals surface area contributed by atoms with E-state index in [9.17, 15) is 20.0 Å². The van der Waals surface area contributed by atoms with E-state index in [0.717, 1.165) is 0 Å². The molecule has 1 aromatic carbocycles. The maximum absolute atomic E-state index is 11.6. The van der Waals surface area contributed by atoms with Gasteiger partial charge in [0.25, 0.3) is 0 Å². The van der Waals surface area contributed by atoms with Crippen molar-refractivity contribution < 1.29 is 14.8 Å². The van der Waals surface area contributed by atoms with Crippen molar-refractivity contribution >= 4 is 67.5 Å². The summed E-state index contributed by atoms with van der Waals surface area (Å²) in [6.07, 6.45) is 0.160. The summed E-state index contributed by atoms with van der Waals surface area (Å²) < 4.78 is 0.628. The molecule has 3 rings (SSSR count). The van der Waals surface area contributed by atoms with Crippen molar-refractivity contribution in [3.05, 3.63) is 37.9 Å². The van der Waals surface area contributed by atoms with Crippen molar-refractivity contribution in [2.45, 2.75) is 6.04 Å². The van der Waals surface area contributed by atoms with Gasteiger partial charge in [-0.25, -0.2) is 9.78 Å². The monoisotopic (exact) mass is 462 g/mol. The summed E-state index contributed by atoms with van der Waals surface area (Å²) in [6.45, 7) is 0.648. The molecule has 1 atom stereocenters. The van der Waals surface area contributed by atoms with E-state index in [-0.39, 0.29) is 31.2 Å². The van der Waals surface area contributed by atoms with E-state index in [4.69, 9.17) is 23.2 Å². The lowest BCUT2D eigenvalue weighted by Crippen LogP contribution is -2.55. The minimum absolute atomic E-state index is 0.120. The number of rotatable bonds is 3. The number of carbonyl (C=O) groups is 1. The van der Waals surface area contributed by atoms with Crippen LogP contribution in [0.5, 0.6) is 0 Å². The highest BCUT2D eigenvalue weighted by Gasteiger charge is 2.34. The zero-order chi connectivity index (χ0) is 19.0. The molecule has 0 saturated carbocycles. The predicted octanol–water partition coefficient (Wildman–Crippen LogP) is 3.97. The van der Waals surface area contributed by atoms with Crippen LogP contribution in [0.1, 0.15) is 0 Å². The third-order valence-electron chi connectivity index (χ3n) is 4.28. The molecule has 1 aliphatic heterocycles. The first-order chi connectivity index (χ1) is 12.3. The Labute approximate surface area is 166 Å². The van der Waals surface area contributed by atoms with E-state index in [2.05, 4.69) is 20.9 Å². The first-order valence-corrected chi connectivity index (χ1v) is 9.26. The molecular formula is C15H13BrCl2N4O4. The number of carboxylic acid groups (broad SMARTS) is 1. The molecule has 1 saturated heterocycles. The van der Waals surface area contributed by atoms with Crippen molar-refractivity contribution in [3.63, 3.8) is 0 Å². The summed E-state index contributed by atoms with van der Waals surface area (Å²) in [5, 5.41) is 21.7. The topological polar surface area (TPSA) is 99.8 Å². The third-order valence-corrected chi connectivity index (χ3v) is 5.83. The van der Waals surface area contributed by atoms with Gasteiger partial charge in [0.05, 0.1) is 21.5 Å². The number of pyridine rings is 1. The van der Waals surface area contributed by atoms with E-state index in [0.29, 0.717) is 26.1 Å². The fourth-order valence-corrected chi connectivity index (χ4v) is 3.81. The van der Waals surface area contributed by atoms with Crippen molar-refractivity contribution in [1.29, 1.82) is 0 Å². The van der Waals surface area contributed by atoms with Gasteiger partial charge in [-0.15, -0.1) is 11.6 Å². The van der Waals surface area contributed by atoms with Crippen LogP contribution in [0.4, 0.5) is 16.2 Å². The van der Waals surface area contributed by atoms with Crippen molar-refractivity contribution in [2.24, 2.45) is 0 Å². The summed E-state index contributed by atoms with van der Waals surface area (Å²) in [5.41, 5.74) is 0.718. The number of nitro groups is 1. The fourth-order valence-electron chi connectivity index (χ4n) is 3.05. The number of hydrogen-bond acceptors (Lipinski definition) is 5. The number of halogens is 3. The van der Waals surface area contributed by atoms with Crippen LogP contribution in [-0.4, -0.2) is 57.6 Å². The molecule has 2 aromatic rings. The highest BCUT2D eigenvalue weighted by molar-refractivity contribution is 9.10. The van der Waals surface area contributed by atoms with Crippen LogP contribution in [0, 0.1) is 10.1 Å². The van der Waals surface area contributed by atoms with Crippen molar-refractivity contribution in [2.75, 3.05) is 30.4 Å². The van der Waals surface area contributed by atoms with Gasteiger partial charge >= 0.3 is 11.8 Å². The number of aromatic nitrogens is 1. The Morgan fingerprint density at radius 2 is 2.19 bits per heavy atom. The molecule has 0 bridgehead atoms. The first-order valence-electron chi connectivity index (χ1n) is 7.56. The largest absolute Gasteiger partial charge is 0.465 e. The number of amides is 1. The first kappa shape index (κ1) is 18.9. The van der Waals surface area contributed by atoms with E-state index in [1.54, 1.807) is 17.0 Å². The highest BCUT2D eigenvalue weighted by Crippen LogP contribution is 2.40. The maximum atomic E-state index is 11.6. The summed E-state index contributed by atoms with van der Waals surface area (Å²) in [5.74, 6) is 0.120. The zero-order valence-corrected chi connectivity index (χ0v) is 16.3. The second-order valence-corrected chi connectivity index (χ2v) is 7.33. The zero-order valence-electron chi connectivity index (χ0n) is 13.2. The minimum atomic E-state index is -1.04. The van der Waals surface area contributed by atoms with Crippen molar-refractivity contribution in [1.82, 2.24) is 9.88 Å². The second-order valence-electron chi connectivity index (χ2n) is 5.76. The second kappa shape index (κ2) is 7.42. The molecule has 138 valence electrons. The third kappa shape index (κ3) is 3.38. The Morgan fingerprint density at radius 3 is 2.81 bits per heavy atom. The minimum Gasteiger partial charge on any atom is -0.465 e. The Bertz CT molecular complexity index is 898. The van der Waals surface area contributed by atoms with Gasteiger partial charge in [-0.1, -0.05) is 11.6 Å². The number of hydrogen-bond donors (Lipinski definition) is 1. The van der Waals surface area contributed by atoms with Crippen LogP contribution in [0.2, 0.25) is 5.02 Å². The number of nitrogens with zero attached hydrogens (tertiary/aromatic N) is 4. The lowest BCUT2D eigenvalue weighted by Gasteiger charge is -2.40. The van der Waals surface area contributed by atoms with Crippen LogP contribution in [0.3, 0.4) is 0 Å². The molecule has 1 aromatic heterocycles. The van der Waals surface area contributed by atoms with Crippen LogP contribution in [0.15, 0.2) is 22.8 Å². The molecule has 0 radical (unpaired) electrons. The molecule has 0 spiro atoms. The van der Waals surface area contributed by atoms with Crippen LogP contribution < -0.4 is 4.90 Å². The smallest absolute Gasteiger partial charge is 0.407 e. The molecule has 0 unspecified atom stereocenters. The summed E-state index contributed by atoms with van der Waals surface area (Å²) in [7, 11) is 0. The Balaban J connectivity index is 2.18. The molecule has 11 heteroatoms. The maximum Gasteiger partial charge on any atom is 0.407 e. The lowest BCUT2D eigenvalue weighted by molar-refractivity contribution is -0.384. The quantitative estimate of drug-likeness (QED) is 0.420. The average Bonchev–Trinajstić information content (AvgIpc) is 2.61. The van der Waals surface area contributed by atoms with Gasteiger partial charge in [-0.05, 0) is 28.1 Å². The summed E-state index contributed by atoms with van der Waals surface area (Å²) >= 11 is 15.6. The van der Waals surface area contributed by atoms with Gasteiger partial charge in [0.15, 0.2) is 0 Å². The van der Waals surface area contributed by atoms with Crippen LogP contribution >= 0.6 is 39.1 Å². The molecule has 26 heavy (non-hydrogen) atoms. The van der Waals surface area contributed by atoms with Crippen LogP contribution in [-0.2, 0) is 0 Å². The number of fused-ring (bicyclic) bond motifs is 1. The normalized spacial score (nSPS) is 17.6. The number of anilines is 1. The fraction of sp³-hybridized carbons (Fsp3) is 0.333. The van der Waals surface area contributed by atoms with Crippen LogP contribution in [0.25, 0.3) is 10.9 Å². The van der Waals surface area contributed by atoms with Gasteiger partial charge in [0, 0.05) is 35.4 Å². The Morgan fingerprint density at radius 1 is 1.46 bits per heavy atom. The molecule has 1 N–H and O–H groups in total. The number of piperazine rings is 1. The molecular weight excluding hydrogens is 451 g/mol. The highest BCUT2D eigenvalue weighted by atomic mass is 79.9. The van der Waals surface area contributed by atoms with E-state index < -0.39 is 17.1 Å². The van der Waals surface area contributed by atoms with Gasteiger partial charge in [-0.3, -0.25) is 10.1 Å². The molecule has 1 aliphatic rings. The Hall–Kier alpha value is -1.84. The van der Waals surface area contributed by atoms with E-state index >= 15 is 0 Å². The standard InChI is InChI=1S/C15H13BrCl2N4O4/c16-10-4-12-9(3-11(10)18)14(13(6-19-12)22(25)26)21-2-1-20(15(23)24)7-8(21)5-17/h3-4,6,8H,1-2,5,7H2,(H,23,24)/t8-/m0/s1. The van der Waals surface area contributed by atoms with Crippen molar-refractivity contribution in [3.8, 4) is 0 Å². The average molecular weight is 464 g/mol. The molecule has 1 fully saturated rings. The Kier molecular flexibility index (Phi) is 5.40. The van der Waals surface area contributed by atoms with Gasteiger partial charge < -0.3 is 14.9 Å². The molecule has 8 nitrogen and oxygen atoms in total. The van der Waals surface area contributed by atoms with Gasteiger partial charge in [-0.2, -0.15) is 0 Å². The van der Waals surface area contributed by atoms with Gasteiger partial charge in [0.2, 0.25) is 0 Å². The van der Waals surface area contributed by atoms with E-state index in [1.165, 1.54) is 11.1 Å². The molecule has 0 aliphatic carbocycles. The van der Waals surface area contributed by atoms with Gasteiger partial charge in [0.1, 0.15) is 11.9 Å². The molecule has 2 heterocycles. The SMILES string of the molecule is O=C(O)N1CCN(c2c([N+](=O)[O-])cnc3cc(Br)c(Cl)cc23)[C@@H](CCl)C1. The lowest BCUT2D eigenvalue weighted by atomic mass is 10.1. The number of alkyl halides is 1. The summed E-state index contributed by atoms with van der Waals surface area (Å²) in [6, 6.07) is 2.90. The number of benzene rings is 1. The molecule has 1 amide bonds. The predicted molar refractivity (Wildman–Crippen MR) is 103 cm³/mol. The van der Waals surface area contributed by atoms with E-state index in [1.807, 2.05) is 0 Å². The summed E-state index contributed by atoms with van der Waals surface area (Å²) in [4.78, 5) is 29.5.